The molecule has 0 saturated carbocycles. The molecule has 0 N–H and O–H groups in total. The van der Waals surface area contributed by atoms with Gasteiger partial charge in [-0.25, -0.2) is 0 Å². The molecule has 0 aromatic rings. The fourth-order valence-corrected chi connectivity index (χ4v) is 1.94. The van der Waals surface area contributed by atoms with Crippen LogP contribution in [0.25, 0.3) is 0 Å². The normalized spacial score (nSPS) is 12.8. The van der Waals surface area contributed by atoms with Crippen LogP contribution in [0.2, 0.25) is 0 Å². The molecule has 0 aromatic carbocycles. The molecule has 0 fully saturated rings. The van der Waals surface area contributed by atoms with Crippen molar-refractivity contribution in [2.45, 2.75) is 64.8 Å². The number of esters is 1. The molecule has 0 saturated heterocycles. The van der Waals surface area contributed by atoms with Crippen LogP contribution in [0.15, 0.2) is 0 Å². The molecule has 0 spiro atoms. The number of nitrogens with zero attached hydrogens (tertiary/aromatic N) is 1. The van der Waals surface area contributed by atoms with E-state index in [1.165, 1.54) is 32.1 Å². The lowest BCUT2D eigenvalue weighted by molar-refractivity contribution is -0.144. The van der Waals surface area contributed by atoms with Crippen LogP contribution in [0.5, 0.6) is 0 Å². The molecule has 0 rings (SSSR count). The van der Waals surface area contributed by atoms with Crippen molar-refractivity contribution in [2.75, 3.05) is 20.7 Å². The Balaban J connectivity index is 3.78. The van der Waals surface area contributed by atoms with E-state index in [4.69, 9.17) is 4.74 Å². The molecule has 3 heteroatoms. The van der Waals surface area contributed by atoms with Gasteiger partial charge in [0.15, 0.2) is 0 Å². The highest BCUT2D eigenvalue weighted by Crippen LogP contribution is 2.13. The first-order valence-electron chi connectivity index (χ1n) is 6.93. The van der Waals surface area contributed by atoms with Crippen LogP contribution in [0, 0.1) is 0 Å². The predicted octanol–water partition coefficient (Wildman–Crippen LogP) is 3.23. The third kappa shape index (κ3) is 9.16. The average Bonchev–Trinajstić information content (AvgIpc) is 2.27. The third-order valence-corrected chi connectivity index (χ3v) is 3.08. The van der Waals surface area contributed by atoms with Gasteiger partial charge in [-0.3, -0.25) is 4.79 Å². The molecule has 1 atom stereocenters. The van der Waals surface area contributed by atoms with Gasteiger partial charge in [-0.05, 0) is 27.4 Å². The Morgan fingerprint density at radius 1 is 1.12 bits per heavy atom. The molecule has 0 heterocycles. The maximum absolute atomic E-state index is 11.4. The van der Waals surface area contributed by atoms with Gasteiger partial charge < -0.3 is 9.64 Å². The Hall–Kier alpha value is -0.570. The first kappa shape index (κ1) is 16.4. The molecular formula is C14H29NO2. The quantitative estimate of drug-likeness (QED) is 0.436. The van der Waals surface area contributed by atoms with Gasteiger partial charge in [0, 0.05) is 6.04 Å². The van der Waals surface area contributed by atoms with Crippen molar-refractivity contribution in [3.63, 3.8) is 0 Å². The molecule has 0 aromatic heterocycles. The standard InChI is InChI=1S/C14H29NO2/c1-5-7-8-9-10-11-13(15(3)4)12-14(16)17-6-2/h13H,5-12H2,1-4H3. The summed E-state index contributed by atoms with van der Waals surface area (Å²) in [4.78, 5) is 13.6. The van der Waals surface area contributed by atoms with Crippen LogP contribution >= 0.6 is 0 Å². The second-order valence-corrected chi connectivity index (χ2v) is 4.83. The summed E-state index contributed by atoms with van der Waals surface area (Å²) >= 11 is 0. The number of carbonyl (C=O) groups excluding carboxylic acids is 1. The lowest BCUT2D eigenvalue weighted by Gasteiger charge is -2.23. The highest BCUT2D eigenvalue weighted by molar-refractivity contribution is 5.70. The predicted molar refractivity (Wildman–Crippen MR) is 72.1 cm³/mol. The fraction of sp³-hybridized carbons (Fsp3) is 0.929. The molecule has 0 amide bonds. The molecular weight excluding hydrogens is 214 g/mol. The summed E-state index contributed by atoms with van der Waals surface area (Å²) in [5, 5.41) is 0. The van der Waals surface area contributed by atoms with Gasteiger partial charge in [-0.2, -0.15) is 0 Å². The first-order chi connectivity index (χ1) is 8.11. The van der Waals surface area contributed by atoms with Crippen molar-refractivity contribution in [1.82, 2.24) is 4.90 Å². The maximum Gasteiger partial charge on any atom is 0.307 e. The van der Waals surface area contributed by atoms with Gasteiger partial charge in [0.1, 0.15) is 0 Å². The van der Waals surface area contributed by atoms with Crippen LogP contribution < -0.4 is 0 Å². The van der Waals surface area contributed by atoms with E-state index in [1.807, 2.05) is 21.0 Å². The largest absolute Gasteiger partial charge is 0.466 e. The highest BCUT2D eigenvalue weighted by Gasteiger charge is 2.16. The second kappa shape index (κ2) is 10.6. The minimum atomic E-state index is -0.0697. The zero-order valence-corrected chi connectivity index (χ0v) is 12.0. The van der Waals surface area contributed by atoms with Crippen molar-refractivity contribution < 1.29 is 9.53 Å². The number of hydrogen-bond donors (Lipinski definition) is 0. The van der Waals surface area contributed by atoms with Gasteiger partial charge in [-0.15, -0.1) is 0 Å². The lowest BCUT2D eigenvalue weighted by Crippen LogP contribution is -2.31. The number of rotatable bonds is 10. The van der Waals surface area contributed by atoms with E-state index in [9.17, 15) is 4.79 Å². The average molecular weight is 243 g/mol. The van der Waals surface area contributed by atoms with E-state index in [-0.39, 0.29) is 5.97 Å². The van der Waals surface area contributed by atoms with E-state index in [2.05, 4.69) is 11.8 Å². The summed E-state index contributed by atoms with van der Waals surface area (Å²) in [5.41, 5.74) is 0. The van der Waals surface area contributed by atoms with E-state index in [1.54, 1.807) is 0 Å². The van der Waals surface area contributed by atoms with Crippen LogP contribution in [0.4, 0.5) is 0 Å². The van der Waals surface area contributed by atoms with Crippen LogP contribution in [-0.2, 0) is 9.53 Å². The third-order valence-electron chi connectivity index (χ3n) is 3.08. The van der Waals surface area contributed by atoms with E-state index < -0.39 is 0 Å². The molecule has 1 unspecified atom stereocenters. The van der Waals surface area contributed by atoms with Crippen molar-refractivity contribution in [2.24, 2.45) is 0 Å². The Labute approximate surface area is 107 Å². The van der Waals surface area contributed by atoms with Gasteiger partial charge in [0.05, 0.1) is 13.0 Å². The lowest BCUT2D eigenvalue weighted by atomic mass is 10.0. The molecule has 0 aliphatic rings. The van der Waals surface area contributed by atoms with Crippen molar-refractivity contribution in [1.29, 1.82) is 0 Å². The monoisotopic (exact) mass is 243 g/mol. The molecule has 0 bridgehead atoms. The van der Waals surface area contributed by atoms with E-state index >= 15 is 0 Å². The van der Waals surface area contributed by atoms with Crippen molar-refractivity contribution in [3.05, 3.63) is 0 Å². The molecule has 102 valence electrons. The highest BCUT2D eigenvalue weighted by atomic mass is 16.5. The fourth-order valence-electron chi connectivity index (χ4n) is 1.94. The van der Waals surface area contributed by atoms with E-state index in [0.717, 1.165) is 6.42 Å². The molecule has 17 heavy (non-hydrogen) atoms. The summed E-state index contributed by atoms with van der Waals surface area (Å²) in [7, 11) is 4.08. The smallest absolute Gasteiger partial charge is 0.307 e. The molecule has 0 aliphatic heterocycles. The summed E-state index contributed by atoms with van der Waals surface area (Å²) in [6.45, 7) is 4.56. The van der Waals surface area contributed by atoms with Gasteiger partial charge in [-0.1, -0.05) is 39.0 Å². The van der Waals surface area contributed by atoms with Crippen LogP contribution in [0.3, 0.4) is 0 Å². The van der Waals surface area contributed by atoms with Crippen molar-refractivity contribution >= 4 is 5.97 Å². The number of hydrogen-bond acceptors (Lipinski definition) is 3. The maximum atomic E-state index is 11.4. The summed E-state index contributed by atoms with van der Waals surface area (Å²) < 4.78 is 5.00. The first-order valence-corrected chi connectivity index (χ1v) is 6.93. The van der Waals surface area contributed by atoms with Crippen LogP contribution in [-0.4, -0.2) is 37.6 Å². The molecule has 0 aliphatic carbocycles. The minimum Gasteiger partial charge on any atom is -0.466 e. The van der Waals surface area contributed by atoms with Gasteiger partial charge in [0.25, 0.3) is 0 Å². The zero-order chi connectivity index (χ0) is 13.1. The summed E-state index contributed by atoms with van der Waals surface area (Å²) in [6, 6.07) is 0.329. The Morgan fingerprint density at radius 3 is 2.29 bits per heavy atom. The zero-order valence-electron chi connectivity index (χ0n) is 12.0. The number of carbonyl (C=O) groups is 1. The number of unbranched alkanes of at least 4 members (excludes halogenated alkanes) is 4. The SMILES string of the molecule is CCCCCCCC(CC(=O)OCC)N(C)C. The van der Waals surface area contributed by atoms with E-state index in [0.29, 0.717) is 19.1 Å². The van der Waals surface area contributed by atoms with Gasteiger partial charge in [0.2, 0.25) is 0 Å². The topological polar surface area (TPSA) is 29.5 Å². The Kier molecular flexibility index (Phi) is 10.2. The molecule has 3 nitrogen and oxygen atoms in total. The Bertz CT molecular complexity index is 193. The summed E-state index contributed by atoms with van der Waals surface area (Å²) in [5.74, 6) is -0.0697. The molecule has 0 radical (unpaired) electrons. The minimum absolute atomic E-state index is 0.0697. The number of ether oxygens (including phenoxy) is 1. The second-order valence-electron chi connectivity index (χ2n) is 4.83. The van der Waals surface area contributed by atoms with Gasteiger partial charge >= 0.3 is 5.97 Å². The van der Waals surface area contributed by atoms with Crippen molar-refractivity contribution in [3.8, 4) is 0 Å². The Morgan fingerprint density at radius 2 is 1.76 bits per heavy atom. The summed E-state index contributed by atoms with van der Waals surface area (Å²) in [6.07, 6.45) is 8.02. The van der Waals surface area contributed by atoms with Crippen LogP contribution in [0.1, 0.15) is 58.8 Å².